The van der Waals surface area contributed by atoms with E-state index in [1.54, 1.807) is 14.0 Å². The Morgan fingerprint density at radius 3 is 2.20 bits per heavy atom. The van der Waals surface area contributed by atoms with Crippen LogP contribution in [0.4, 0.5) is 0 Å². The summed E-state index contributed by atoms with van der Waals surface area (Å²) >= 11 is 0. The second kappa shape index (κ2) is 12.9. The number of unbranched alkanes of at least 4 members (excludes halogenated alkanes) is 1. The van der Waals surface area contributed by atoms with Crippen LogP contribution >= 0.6 is 0 Å². The van der Waals surface area contributed by atoms with Crippen molar-refractivity contribution in [3.05, 3.63) is 0 Å². The molecule has 0 fully saturated rings. The fourth-order valence-corrected chi connectivity index (χ4v) is 1.81. The summed E-state index contributed by atoms with van der Waals surface area (Å²) in [6.07, 6.45) is 4.34. The second-order valence-electron chi connectivity index (χ2n) is 4.78. The first-order valence-electron chi connectivity index (χ1n) is 7.44. The van der Waals surface area contributed by atoms with E-state index >= 15 is 0 Å². The van der Waals surface area contributed by atoms with Crippen molar-refractivity contribution in [3.63, 3.8) is 0 Å². The van der Waals surface area contributed by atoms with Crippen molar-refractivity contribution in [3.8, 4) is 0 Å². The number of carbonyl (C=O) groups excluding carboxylic acids is 2. The van der Waals surface area contributed by atoms with Crippen molar-refractivity contribution < 1.29 is 23.8 Å². The number of hydrogen-bond acceptors (Lipinski definition) is 5. The third kappa shape index (κ3) is 10.8. The van der Waals surface area contributed by atoms with Crippen LogP contribution in [-0.2, 0) is 23.8 Å². The molecule has 0 aliphatic heterocycles. The lowest BCUT2D eigenvalue weighted by molar-refractivity contribution is -0.151. The molecule has 5 nitrogen and oxygen atoms in total. The fourth-order valence-electron chi connectivity index (χ4n) is 1.81. The van der Waals surface area contributed by atoms with Crippen LogP contribution in [0.2, 0.25) is 0 Å². The molecule has 1 atom stereocenters. The molecule has 0 aromatic heterocycles. The van der Waals surface area contributed by atoms with E-state index in [0.717, 1.165) is 25.7 Å². The summed E-state index contributed by atoms with van der Waals surface area (Å²) in [4.78, 5) is 22.7. The smallest absolute Gasteiger partial charge is 0.306 e. The maximum absolute atomic E-state index is 11.5. The summed E-state index contributed by atoms with van der Waals surface area (Å²) in [6, 6.07) is 0. The lowest BCUT2D eigenvalue weighted by Gasteiger charge is -2.16. The van der Waals surface area contributed by atoms with Gasteiger partial charge in [0, 0.05) is 13.7 Å². The van der Waals surface area contributed by atoms with Crippen molar-refractivity contribution in [1.29, 1.82) is 0 Å². The predicted molar refractivity (Wildman–Crippen MR) is 76.3 cm³/mol. The molecule has 0 saturated carbocycles. The normalized spacial score (nSPS) is 11.9. The van der Waals surface area contributed by atoms with Crippen molar-refractivity contribution >= 4 is 11.9 Å². The first-order chi connectivity index (χ1) is 9.63. The van der Waals surface area contributed by atoms with E-state index in [1.807, 2.05) is 0 Å². The Kier molecular flexibility index (Phi) is 12.2. The minimum atomic E-state index is -0.355. The summed E-state index contributed by atoms with van der Waals surface area (Å²) in [5, 5.41) is 0. The molecule has 0 radical (unpaired) electrons. The van der Waals surface area contributed by atoms with Gasteiger partial charge in [0.2, 0.25) is 0 Å². The Hall–Kier alpha value is -1.10. The van der Waals surface area contributed by atoms with Gasteiger partial charge in [0.1, 0.15) is 0 Å². The van der Waals surface area contributed by atoms with Crippen LogP contribution < -0.4 is 0 Å². The average Bonchev–Trinajstić information content (AvgIpc) is 2.44. The molecule has 118 valence electrons. The zero-order valence-electron chi connectivity index (χ0n) is 13.0. The Labute approximate surface area is 122 Å². The number of rotatable bonds is 12. The van der Waals surface area contributed by atoms with Gasteiger partial charge in [-0.3, -0.25) is 9.59 Å². The molecule has 0 N–H and O–H groups in total. The molecule has 0 aromatic carbocycles. The quantitative estimate of drug-likeness (QED) is 0.517. The first kappa shape index (κ1) is 18.9. The highest BCUT2D eigenvalue weighted by atomic mass is 16.5. The molecule has 5 heteroatoms. The molecule has 0 amide bonds. The highest BCUT2D eigenvalue weighted by Crippen LogP contribution is 2.14. The van der Waals surface area contributed by atoms with Crippen LogP contribution in [0.5, 0.6) is 0 Å². The second-order valence-corrected chi connectivity index (χ2v) is 4.78. The van der Waals surface area contributed by atoms with Gasteiger partial charge in [0.15, 0.2) is 0 Å². The molecule has 0 bridgehead atoms. The Bertz CT molecular complexity index is 257. The summed E-state index contributed by atoms with van der Waals surface area (Å²) < 4.78 is 15.0. The summed E-state index contributed by atoms with van der Waals surface area (Å²) in [6.45, 7) is 5.30. The molecule has 0 aliphatic carbocycles. The molecular formula is C15H28O5. The van der Waals surface area contributed by atoms with E-state index in [1.165, 1.54) is 0 Å². The third-order valence-electron chi connectivity index (χ3n) is 3.01. The average molecular weight is 288 g/mol. The number of ether oxygens (including phenoxy) is 3. The summed E-state index contributed by atoms with van der Waals surface area (Å²) in [5.74, 6) is -0.357. The van der Waals surface area contributed by atoms with Gasteiger partial charge < -0.3 is 14.2 Å². The van der Waals surface area contributed by atoms with Gasteiger partial charge in [-0.25, -0.2) is 0 Å². The van der Waals surface area contributed by atoms with Gasteiger partial charge in [0.25, 0.3) is 0 Å². The van der Waals surface area contributed by atoms with E-state index < -0.39 is 0 Å². The minimum Gasteiger partial charge on any atom is -0.466 e. The molecule has 0 rings (SSSR count). The van der Waals surface area contributed by atoms with Crippen LogP contribution in [0.15, 0.2) is 0 Å². The topological polar surface area (TPSA) is 61.8 Å². The first-order valence-corrected chi connectivity index (χ1v) is 7.44. The zero-order valence-corrected chi connectivity index (χ0v) is 13.0. The van der Waals surface area contributed by atoms with Crippen molar-refractivity contribution in [2.75, 3.05) is 26.9 Å². The number of carbonyl (C=O) groups is 2. The van der Waals surface area contributed by atoms with Gasteiger partial charge >= 0.3 is 11.9 Å². The largest absolute Gasteiger partial charge is 0.466 e. The zero-order chi connectivity index (χ0) is 15.2. The van der Waals surface area contributed by atoms with Gasteiger partial charge in [-0.15, -0.1) is 0 Å². The molecule has 0 saturated heterocycles. The predicted octanol–water partition coefficient (Wildman–Crippen LogP) is 2.72. The fraction of sp³-hybridized carbons (Fsp3) is 0.867. The SMILES string of the molecule is CCCCC(CCOC)COC(=O)CCC(=O)OCC. The Morgan fingerprint density at radius 1 is 1.00 bits per heavy atom. The van der Waals surface area contributed by atoms with E-state index in [0.29, 0.717) is 25.7 Å². The molecular weight excluding hydrogens is 260 g/mol. The Balaban J connectivity index is 3.87. The highest BCUT2D eigenvalue weighted by molar-refractivity contribution is 5.77. The summed E-state index contributed by atoms with van der Waals surface area (Å²) in [7, 11) is 1.67. The van der Waals surface area contributed by atoms with E-state index in [4.69, 9.17) is 14.2 Å². The number of hydrogen-bond donors (Lipinski definition) is 0. The number of methoxy groups -OCH3 is 1. The highest BCUT2D eigenvalue weighted by Gasteiger charge is 2.13. The van der Waals surface area contributed by atoms with Gasteiger partial charge in [-0.05, 0) is 25.7 Å². The molecule has 0 spiro atoms. The van der Waals surface area contributed by atoms with Gasteiger partial charge in [-0.2, -0.15) is 0 Å². The molecule has 1 unspecified atom stereocenters. The van der Waals surface area contributed by atoms with Crippen molar-refractivity contribution in [1.82, 2.24) is 0 Å². The van der Waals surface area contributed by atoms with Crippen LogP contribution in [0.1, 0.15) is 52.4 Å². The molecule has 20 heavy (non-hydrogen) atoms. The van der Waals surface area contributed by atoms with Crippen molar-refractivity contribution in [2.24, 2.45) is 5.92 Å². The summed E-state index contributed by atoms with van der Waals surface area (Å²) in [5.41, 5.74) is 0. The monoisotopic (exact) mass is 288 g/mol. The standard InChI is InChI=1S/C15H28O5/c1-4-6-7-13(10-11-18-3)12-20-15(17)9-8-14(16)19-5-2/h13H,4-12H2,1-3H3. The van der Waals surface area contributed by atoms with E-state index in [9.17, 15) is 9.59 Å². The van der Waals surface area contributed by atoms with Crippen LogP contribution in [0, 0.1) is 5.92 Å². The van der Waals surface area contributed by atoms with E-state index in [2.05, 4.69) is 6.92 Å². The molecule has 0 aromatic rings. The molecule has 0 aliphatic rings. The number of esters is 2. The maximum atomic E-state index is 11.5. The van der Waals surface area contributed by atoms with Crippen LogP contribution in [0.25, 0.3) is 0 Å². The van der Waals surface area contributed by atoms with Crippen LogP contribution in [-0.4, -0.2) is 38.9 Å². The van der Waals surface area contributed by atoms with Gasteiger partial charge in [-0.1, -0.05) is 19.8 Å². The van der Waals surface area contributed by atoms with Crippen LogP contribution in [0.3, 0.4) is 0 Å². The Morgan fingerprint density at radius 2 is 1.65 bits per heavy atom. The van der Waals surface area contributed by atoms with E-state index in [-0.39, 0.29) is 24.8 Å². The molecule has 0 heterocycles. The third-order valence-corrected chi connectivity index (χ3v) is 3.01. The lowest BCUT2D eigenvalue weighted by atomic mass is 10.00. The minimum absolute atomic E-state index is 0.0869. The lowest BCUT2D eigenvalue weighted by Crippen LogP contribution is -2.17. The van der Waals surface area contributed by atoms with Gasteiger partial charge in [0.05, 0.1) is 26.1 Å². The maximum Gasteiger partial charge on any atom is 0.306 e. The van der Waals surface area contributed by atoms with Crippen molar-refractivity contribution in [2.45, 2.75) is 52.4 Å².